The average molecular weight is 375 g/mol. The van der Waals surface area contributed by atoms with Crippen molar-refractivity contribution in [2.75, 3.05) is 5.73 Å². The monoisotopic (exact) mass is 373 g/mol. The van der Waals surface area contributed by atoms with Gasteiger partial charge in [0, 0.05) is 0 Å². The van der Waals surface area contributed by atoms with Crippen LogP contribution in [0.3, 0.4) is 0 Å². The quantitative estimate of drug-likeness (QED) is 0.538. The maximum absolute atomic E-state index is 13.8. The lowest BCUT2D eigenvalue weighted by Gasteiger charge is -2.13. The normalized spacial score (nSPS) is 13.3. The highest BCUT2D eigenvalue weighted by molar-refractivity contribution is 9.10. The number of anilines is 1. The summed E-state index contributed by atoms with van der Waals surface area (Å²) in [6.45, 7) is 1.22. The van der Waals surface area contributed by atoms with E-state index in [1.54, 1.807) is 0 Å². The predicted octanol–water partition coefficient (Wildman–Crippen LogP) is 0.976. The molecule has 0 aliphatic carbocycles. The first-order valence-electron chi connectivity index (χ1n) is 4.82. The van der Waals surface area contributed by atoms with Crippen molar-refractivity contribution in [1.29, 1.82) is 0 Å². The van der Waals surface area contributed by atoms with Gasteiger partial charge in [0.1, 0.15) is 4.90 Å². The van der Waals surface area contributed by atoms with Gasteiger partial charge in [0.15, 0.2) is 5.82 Å². The third-order valence-corrected chi connectivity index (χ3v) is 5.13. The van der Waals surface area contributed by atoms with Crippen LogP contribution in [0, 0.1) is 5.82 Å². The molecule has 0 heterocycles. The third kappa shape index (κ3) is 3.35. The molecule has 19 heavy (non-hydrogen) atoms. The van der Waals surface area contributed by atoms with Crippen LogP contribution in [0.5, 0.6) is 0 Å². The Morgan fingerprint density at radius 2 is 2.11 bits per heavy atom. The van der Waals surface area contributed by atoms with Crippen molar-refractivity contribution in [2.24, 2.45) is 5.73 Å². The van der Waals surface area contributed by atoms with Gasteiger partial charge in [-0.05, 0) is 28.9 Å². The second kappa shape index (κ2) is 5.61. The zero-order chi connectivity index (χ0) is 15.0. The number of hydrogen-bond acceptors (Lipinski definition) is 4. The highest BCUT2D eigenvalue weighted by Crippen LogP contribution is 2.34. The Labute approximate surface area is 122 Å². The summed E-state index contributed by atoms with van der Waals surface area (Å²) >= 11 is 8.64. The predicted molar refractivity (Wildman–Crippen MR) is 72.5 cm³/mol. The molecule has 1 unspecified atom stereocenters. The van der Waals surface area contributed by atoms with Crippen molar-refractivity contribution in [2.45, 2.75) is 17.9 Å². The van der Waals surface area contributed by atoms with Gasteiger partial charge in [-0.25, -0.2) is 12.8 Å². The molecule has 0 spiro atoms. The molecule has 0 aromatic heterocycles. The second-order valence-electron chi connectivity index (χ2n) is 3.64. The lowest BCUT2D eigenvalue weighted by Crippen LogP contribution is -2.42. The molecule has 1 rings (SSSR count). The molecule has 10 heteroatoms. The number of sulfonamides is 1. The number of nitrogen functional groups attached to an aromatic ring is 1. The molecule has 5 N–H and O–H groups in total. The number of halogens is 3. The van der Waals surface area contributed by atoms with Crippen molar-refractivity contribution in [3.05, 3.63) is 21.4 Å². The van der Waals surface area contributed by atoms with Crippen LogP contribution in [0.2, 0.25) is 5.02 Å². The number of amides is 1. The van der Waals surface area contributed by atoms with Crippen LogP contribution >= 0.6 is 27.5 Å². The molecule has 1 atom stereocenters. The largest absolute Gasteiger partial charge is 0.395 e. The molecule has 6 nitrogen and oxygen atoms in total. The lowest BCUT2D eigenvalue weighted by atomic mass is 10.3. The molecule has 0 aliphatic rings. The highest BCUT2D eigenvalue weighted by atomic mass is 79.9. The first kappa shape index (κ1) is 16.2. The van der Waals surface area contributed by atoms with Gasteiger partial charge < -0.3 is 11.5 Å². The Balaban J connectivity index is 3.34. The van der Waals surface area contributed by atoms with Gasteiger partial charge in [0.25, 0.3) is 0 Å². The Kier molecular flexibility index (Phi) is 4.77. The van der Waals surface area contributed by atoms with Gasteiger partial charge in [-0.15, -0.1) is 0 Å². The molecule has 106 valence electrons. The summed E-state index contributed by atoms with van der Waals surface area (Å²) in [6, 6.07) is -0.319. The Hall–Kier alpha value is -0.900. The molecule has 0 fully saturated rings. The van der Waals surface area contributed by atoms with Crippen molar-refractivity contribution >= 4 is 49.1 Å². The van der Waals surface area contributed by atoms with Crippen molar-refractivity contribution < 1.29 is 17.6 Å². The smallest absolute Gasteiger partial charge is 0.244 e. The lowest BCUT2D eigenvalue weighted by molar-refractivity contribution is -0.119. The number of carbonyl (C=O) groups excluding carboxylic acids is 1. The first-order valence-corrected chi connectivity index (χ1v) is 7.48. The highest BCUT2D eigenvalue weighted by Gasteiger charge is 2.26. The Morgan fingerprint density at radius 3 is 2.58 bits per heavy atom. The minimum Gasteiger partial charge on any atom is -0.395 e. The van der Waals surface area contributed by atoms with Crippen LogP contribution in [-0.2, 0) is 14.8 Å². The SMILES string of the molecule is CC(NS(=O)(=O)c1cc(Cl)c(Br)c(N)c1F)C(N)=O. The average Bonchev–Trinajstić information content (AvgIpc) is 2.30. The summed E-state index contributed by atoms with van der Waals surface area (Å²) in [7, 11) is -4.31. The summed E-state index contributed by atoms with van der Waals surface area (Å²) in [5.74, 6) is -2.07. The summed E-state index contributed by atoms with van der Waals surface area (Å²) in [5, 5.41) is -0.0778. The first-order chi connectivity index (χ1) is 8.58. The zero-order valence-electron chi connectivity index (χ0n) is 9.58. The summed E-state index contributed by atoms with van der Waals surface area (Å²) in [6.07, 6.45) is 0. The summed E-state index contributed by atoms with van der Waals surface area (Å²) < 4.78 is 39.6. The van der Waals surface area contributed by atoms with Crippen LogP contribution in [0.4, 0.5) is 10.1 Å². The number of primary amides is 1. The van der Waals surface area contributed by atoms with Gasteiger partial charge in [0.2, 0.25) is 15.9 Å². The van der Waals surface area contributed by atoms with Gasteiger partial charge in [0.05, 0.1) is 21.2 Å². The number of rotatable bonds is 4. The second-order valence-corrected chi connectivity index (χ2v) is 6.53. The molecule has 1 aromatic rings. The van der Waals surface area contributed by atoms with Crippen LogP contribution in [0.25, 0.3) is 0 Å². The van der Waals surface area contributed by atoms with E-state index in [1.807, 2.05) is 4.72 Å². The fraction of sp³-hybridized carbons (Fsp3) is 0.222. The molecule has 0 radical (unpaired) electrons. The van der Waals surface area contributed by atoms with E-state index < -0.39 is 38.4 Å². The number of nitrogens with two attached hydrogens (primary N) is 2. The van der Waals surface area contributed by atoms with Crippen LogP contribution in [0.15, 0.2) is 15.4 Å². The van der Waals surface area contributed by atoms with Gasteiger partial charge in [-0.3, -0.25) is 4.79 Å². The number of benzene rings is 1. The van der Waals surface area contributed by atoms with Crippen molar-refractivity contribution in [3.63, 3.8) is 0 Å². The number of carbonyl (C=O) groups is 1. The molecule has 1 amide bonds. The maximum Gasteiger partial charge on any atom is 0.244 e. The van der Waals surface area contributed by atoms with Gasteiger partial charge in [-0.1, -0.05) is 11.6 Å². The van der Waals surface area contributed by atoms with E-state index in [1.165, 1.54) is 6.92 Å². The Bertz CT molecular complexity index is 638. The third-order valence-electron chi connectivity index (χ3n) is 2.20. The van der Waals surface area contributed by atoms with Crippen LogP contribution in [-0.4, -0.2) is 20.4 Å². The topological polar surface area (TPSA) is 115 Å². The van der Waals surface area contributed by atoms with E-state index in [4.69, 9.17) is 23.1 Å². The fourth-order valence-electron chi connectivity index (χ4n) is 1.15. The minimum absolute atomic E-state index is 0.0496. The fourth-order valence-corrected chi connectivity index (χ4v) is 3.04. The van der Waals surface area contributed by atoms with Crippen molar-refractivity contribution in [1.82, 2.24) is 4.72 Å². The van der Waals surface area contributed by atoms with Crippen LogP contribution in [0.1, 0.15) is 6.92 Å². The van der Waals surface area contributed by atoms with Crippen LogP contribution < -0.4 is 16.2 Å². The minimum atomic E-state index is -4.31. The molecule has 0 bridgehead atoms. The standard InChI is InChI=1S/C9H10BrClFN3O3S/c1-3(9(14)16)15-19(17,18)5-2-4(11)6(10)8(13)7(5)12/h2-3,15H,13H2,1H3,(H2,14,16). The van der Waals surface area contributed by atoms with E-state index in [2.05, 4.69) is 15.9 Å². The molecular formula is C9H10BrClFN3O3S. The molecule has 0 aliphatic heterocycles. The number of hydrogen-bond donors (Lipinski definition) is 3. The van der Waals surface area contributed by atoms with E-state index in [-0.39, 0.29) is 9.50 Å². The van der Waals surface area contributed by atoms with E-state index >= 15 is 0 Å². The van der Waals surface area contributed by atoms with Gasteiger partial charge in [-0.2, -0.15) is 4.72 Å². The molecule has 1 aromatic carbocycles. The number of nitrogens with one attached hydrogen (secondary N) is 1. The summed E-state index contributed by atoms with van der Waals surface area (Å²) in [5.41, 5.74) is 9.86. The Morgan fingerprint density at radius 1 is 1.58 bits per heavy atom. The van der Waals surface area contributed by atoms with E-state index in [0.717, 1.165) is 6.07 Å². The van der Waals surface area contributed by atoms with E-state index in [0.29, 0.717) is 0 Å². The molecular weight excluding hydrogens is 365 g/mol. The maximum atomic E-state index is 13.8. The van der Waals surface area contributed by atoms with Crippen molar-refractivity contribution in [3.8, 4) is 0 Å². The van der Waals surface area contributed by atoms with Gasteiger partial charge >= 0.3 is 0 Å². The zero-order valence-corrected chi connectivity index (χ0v) is 12.7. The van der Waals surface area contributed by atoms with E-state index in [9.17, 15) is 17.6 Å². The molecule has 0 saturated carbocycles. The summed E-state index contributed by atoms with van der Waals surface area (Å²) in [4.78, 5) is 10.1. The molecule has 0 saturated heterocycles.